The summed E-state index contributed by atoms with van der Waals surface area (Å²) in [4.78, 5) is 73.0. The van der Waals surface area contributed by atoms with Crippen LogP contribution in [0.4, 0.5) is 0 Å². The van der Waals surface area contributed by atoms with Gasteiger partial charge in [0.2, 0.25) is 0 Å². The Balaban J connectivity index is 5.19. The molecule has 0 aliphatic rings. The van der Waals surface area contributed by atoms with E-state index in [0.29, 0.717) is 25.7 Å². The van der Waals surface area contributed by atoms with Gasteiger partial charge in [-0.2, -0.15) is 0 Å². The Kier molecular flexibility index (Phi) is 74.1. The fourth-order valence-corrected chi connectivity index (χ4v) is 14.6. The Labute approximate surface area is 632 Å². The van der Waals surface area contributed by atoms with Crippen molar-refractivity contribution < 1.29 is 80.2 Å². The number of phosphoric acid groups is 2. The van der Waals surface area contributed by atoms with Crippen molar-refractivity contribution in [2.75, 3.05) is 39.6 Å². The van der Waals surface area contributed by atoms with E-state index < -0.39 is 97.5 Å². The summed E-state index contributed by atoms with van der Waals surface area (Å²) in [5, 5.41) is 10.6. The van der Waals surface area contributed by atoms with Gasteiger partial charge in [0.15, 0.2) is 12.2 Å². The molecule has 0 radical (unpaired) electrons. The highest BCUT2D eigenvalue weighted by atomic mass is 31.2. The molecule has 0 aromatic carbocycles. The van der Waals surface area contributed by atoms with Crippen molar-refractivity contribution in [2.24, 2.45) is 11.8 Å². The van der Waals surface area contributed by atoms with Gasteiger partial charge in [0.25, 0.3) is 0 Å². The summed E-state index contributed by atoms with van der Waals surface area (Å²) >= 11 is 0. The minimum absolute atomic E-state index is 0.105. The first-order valence-corrected chi connectivity index (χ1v) is 46.5. The van der Waals surface area contributed by atoms with Crippen LogP contribution in [0.3, 0.4) is 0 Å². The fraction of sp³-hybridized carbons (Fsp3) is 0.952. The monoisotopic (exact) mass is 1510 g/mol. The Bertz CT molecular complexity index is 1980. The van der Waals surface area contributed by atoms with Crippen molar-refractivity contribution in [1.29, 1.82) is 0 Å². The summed E-state index contributed by atoms with van der Waals surface area (Å²) in [7, 11) is -9.92. The third kappa shape index (κ3) is 76.6. The molecule has 0 amide bonds. The maximum atomic E-state index is 13.1. The lowest BCUT2D eigenvalue weighted by Crippen LogP contribution is -2.30. The number of carbonyl (C=O) groups is 4. The molecule has 0 aliphatic carbocycles. The molecular weight excluding hydrogens is 1340 g/mol. The van der Waals surface area contributed by atoms with E-state index in [1.165, 1.54) is 263 Å². The Hall–Kier alpha value is -1.94. The quantitative estimate of drug-likeness (QED) is 0.0222. The Morgan fingerprint density at radius 1 is 0.282 bits per heavy atom. The van der Waals surface area contributed by atoms with Gasteiger partial charge in [0.1, 0.15) is 19.3 Å². The molecule has 0 spiro atoms. The zero-order chi connectivity index (χ0) is 75.6. The second-order valence-corrected chi connectivity index (χ2v) is 33.8. The molecule has 19 heteroatoms. The third-order valence-electron chi connectivity index (χ3n) is 20.1. The maximum absolute atomic E-state index is 13.1. The van der Waals surface area contributed by atoms with Crippen molar-refractivity contribution in [2.45, 2.75) is 464 Å². The van der Waals surface area contributed by atoms with Gasteiger partial charge in [-0.25, -0.2) is 9.13 Å². The first kappa shape index (κ1) is 101. The summed E-state index contributed by atoms with van der Waals surface area (Å²) in [6.07, 6.45) is 66.8. The van der Waals surface area contributed by atoms with Crippen LogP contribution in [0.1, 0.15) is 446 Å². The van der Waals surface area contributed by atoms with E-state index in [-0.39, 0.29) is 25.7 Å². The van der Waals surface area contributed by atoms with Gasteiger partial charge in [-0.05, 0) is 37.5 Å². The van der Waals surface area contributed by atoms with Gasteiger partial charge in [-0.1, -0.05) is 395 Å². The van der Waals surface area contributed by atoms with Crippen LogP contribution in [-0.2, 0) is 65.4 Å². The second-order valence-electron chi connectivity index (χ2n) is 30.9. The highest BCUT2D eigenvalue weighted by Gasteiger charge is 2.30. The Morgan fingerprint density at radius 2 is 0.495 bits per heavy atom. The number of unbranched alkanes of at least 4 members (excludes halogenated alkanes) is 52. The second kappa shape index (κ2) is 75.5. The molecule has 6 atom stereocenters. The zero-order valence-electron chi connectivity index (χ0n) is 67.6. The number of phosphoric ester groups is 2. The highest BCUT2D eigenvalue weighted by Crippen LogP contribution is 2.45. The van der Waals surface area contributed by atoms with E-state index in [1.54, 1.807) is 0 Å². The molecule has 3 unspecified atom stereocenters. The molecule has 0 saturated heterocycles. The normalized spacial score (nSPS) is 14.1. The molecular formula is C84H164O17P2. The molecule has 0 aromatic heterocycles. The van der Waals surface area contributed by atoms with Gasteiger partial charge in [-0.3, -0.25) is 37.3 Å². The summed E-state index contributed by atoms with van der Waals surface area (Å²) in [5.41, 5.74) is 0. The zero-order valence-corrected chi connectivity index (χ0v) is 69.4. The molecule has 0 heterocycles. The van der Waals surface area contributed by atoms with Crippen molar-refractivity contribution in [1.82, 2.24) is 0 Å². The molecule has 0 rings (SSSR count). The molecule has 0 aliphatic heterocycles. The van der Waals surface area contributed by atoms with Crippen LogP contribution in [0.15, 0.2) is 0 Å². The van der Waals surface area contributed by atoms with Gasteiger partial charge in [-0.15, -0.1) is 0 Å². The number of ether oxygens (including phenoxy) is 4. The average molecular weight is 1510 g/mol. The molecule has 17 nitrogen and oxygen atoms in total. The van der Waals surface area contributed by atoms with Crippen LogP contribution in [-0.4, -0.2) is 96.7 Å². The van der Waals surface area contributed by atoms with E-state index in [2.05, 4.69) is 41.5 Å². The van der Waals surface area contributed by atoms with E-state index >= 15 is 0 Å². The fourth-order valence-electron chi connectivity index (χ4n) is 13.0. The van der Waals surface area contributed by atoms with Gasteiger partial charge in [0, 0.05) is 25.7 Å². The van der Waals surface area contributed by atoms with Gasteiger partial charge >= 0.3 is 39.5 Å². The molecule has 0 saturated carbocycles. The molecule has 612 valence electrons. The standard InChI is InChI=1S/C84H164O17P2/c1-7-10-12-14-16-18-20-21-22-23-24-25-29-32-35-38-42-49-55-61-67-82(87)95-72-79(100-83(88)68-62-56-50-43-39-36-33-30-27-26-28-31-34-37-40-47-53-59-65-77(6)9-3)74-98-102(90,91)96-70-78(85)71-97-103(92,93)99-75-80(73-94-81(86)66-60-54-48-41-19-17-15-13-11-8-2)101-84(89)69-63-57-51-45-44-46-52-58-64-76(4)5/h76-80,85H,7-75H2,1-6H3,(H,90,91)(H,92,93)/t77?,78-,79-,80-/m1/s1. The number of aliphatic hydroxyl groups is 1. The number of rotatable bonds is 83. The van der Waals surface area contributed by atoms with Crippen LogP contribution in [0.2, 0.25) is 0 Å². The largest absolute Gasteiger partial charge is 0.472 e. The summed E-state index contributed by atoms with van der Waals surface area (Å²) in [5.74, 6) is -0.519. The number of carbonyl (C=O) groups excluding carboxylic acids is 4. The van der Waals surface area contributed by atoms with Crippen LogP contribution < -0.4 is 0 Å². The van der Waals surface area contributed by atoms with E-state index in [9.17, 15) is 43.2 Å². The molecule has 0 fully saturated rings. The van der Waals surface area contributed by atoms with Gasteiger partial charge in [0.05, 0.1) is 26.4 Å². The summed E-state index contributed by atoms with van der Waals surface area (Å²) in [6, 6.07) is 0. The SMILES string of the molecule is CCCCCCCCCCCCCCCCCCCCCCC(=O)OC[C@H](COP(=O)(O)OC[C@@H](O)COP(=O)(O)OC[C@@H](COC(=O)CCCCCCCCCCCC)OC(=O)CCCCCCCCCCC(C)C)OC(=O)CCCCCCCCCCCCCCCCCCCCC(C)CC. The minimum atomic E-state index is -4.96. The van der Waals surface area contributed by atoms with Crippen molar-refractivity contribution in [3.63, 3.8) is 0 Å². The first-order valence-electron chi connectivity index (χ1n) is 43.5. The molecule has 3 N–H and O–H groups in total. The predicted molar refractivity (Wildman–Crippen MR) is 423 cm³/mol. The summed E-state index contributed by atoms with van der Waals surface area (Å²) in [6.45, 7) is 9.66. The molecule has 0 aromatic rings. The van der Waals surface area contributed by atoms with Crippen molar-refractivity contribution in [3.8, 4) is 0 Å². The van der Waals surface area contributed by atoms with Gasteiger partial charge < -0.3 is 33.8 Å². The van der Waals surface area contributed by atoms with E-state index in [4.69, 9.17) is 37.0 Å². The lowest BCUT2D eigenvalue weighted by atomic mass is 9.99. The first-order chi connectivity index (χ1) is 49.9. The average Bonchev–Trinajstić information content (AvgIpc) is 0.928. The third-order valence-corrected chi connectivity index (χ3v) is 22.0. The van der Waals surface area contributed by atoms with E-state index in [0.717, 1.165) is 102 Å². The Morgan fingerprint density at radius 3 is 0.738 bits per heavy atom. The maximum Gasteiger partial charge on any atom is 0.472 e. The predicted octanol–water partition coefficient (Wildman–Crippen LogP) is 25.5. The number of hydrogen-bond acceptors (Lipinski definition) is 15. The van der Waals surface area contributed by atoms with E-state index in [1.807, 2.05) is 0 Å². The minimum Gasteiger partial charge on any atom is -0.462 e. The number of aliphatic hydroxyl groups excluding tert-OH is 1. The lowest BCUT2D eigenvalue weighted by Gasteiger charge is -2.21. The van der Waals surface area contributed by atoms with Crippen LogP contribution in [0, 0.1) is 11.8 Å². The lowest BCUT2D eigenvalue weighted by molar-refractivity contribution is -0.161. The van der Waals surface area contributed by atoms with Crippen LogP contribution in [0.5, 0.6) is 0 Å². The van der Waals surface area contributed by atoms with Crippen molar-refractivity contribution in [3.05, 3.63) is 0 Å². The highest BCUT2D eigenvalue weighted by molar-refractivity contribution is 7.47. The number of hydrogen-bond donors (Lipinski definition) is 3. The number of esters is 4. The summed E-state index contributed by atoms with van der Waals surface area (Å²) < 4.78 is 68.7. The van der Waals surface area contributed by atoms with Crippen LogP contribution in [0.25, 0.3) is 0 Å². The molecule has 0 bridgehead atoms. The molecule has 103 heavy (non-hydrogen) atoms. The van der Waals surface area contributed by atoms with Crippen molar-refractivity contribution >= 4 is 39.5 Å². The smallest absolute Gasteiger partial charge is 0.462 e. The topological polar surface area (TPSA) is 237 Å². The van der Waals surface area contributed by atoms with Crippen LogP contribution >= 0.6 is 15.6 Å².